The SMILES string of the molecule is CCC(CC)CC(NN)C(CC)OC. The van der Waals surface area contributed by atoms with Crippen LogP contribution in [0.1, 0.15) is 46.5 Å². The molecule has 3 heteroatoms. The van der Waals surface area contributed by atoms with E-state index in [1.807, 2.05) is 0 Å². The van der Waals surface area contributed by atoms with Gasteiger partial charge in [0, 0.05) is 13.2 Å². The molecule has 0 spiro atoms. The average molecular weight is 202 g/mol. The molecule has 2 unspecified atom stereocenters. The van der Waals surface area contributed by atoms with Gasteiger partial charge in [0.2, 0.25) is 0 Å². The number of ether oxygens (including phenoxy) is 1. The Morgan fingerprint density at radius 1 is 1.14 bits per heavy atom. The fraction of sp³-hybridized carbons (Fsp3) is 1.00. The summed E-state index contributed by atoms with van der Waals surface area (Å²) in [7, 11) is 1.76. The predicted molar refractivity (Wildman–Crippen MR) is 60.9 cm³/mol. The lowest BCUT2D eigenvalue weighted by Crippen LogP contribution is -2.45. The van der Waals surface area contributed by atoms with Crippen molar-refractivity contribution in [3.8, 4) is 0 Å². The van der Waals surface area contributed by atoms with Crippen LogP contribution in [0.4, 0.5) is 0 Å². The molecule has 0 heterocycles. The summed E-state index contributed by atoms with van der Waals surface area (Å²) in [5, 5.41) is 0. The van der Waals surface area contributed by atoms with Crippen molar-refractivity contribution < 1.29 is 4.74 Å². The molecule has 0 aromatic carbocycles. The zero-order chi connectivity index (χ0) is 11.0. The Morgan fingerprint density at radius 2 is 1.71 bits per heavy atom. The Balaban J connectivity index is 4.10. The van der Waals surface area contributed by atoms with Crippen molar-refractivity contribution in [3.05, 3.63) is 0 Å². The van der Waals surface area contributed by atoms with Gasteiger partial charge in [0.15, 0.2) is 0 Å². The number of hydrogen-bond acceptors (Lipinski definition) is 3. The lowest BCUT2D eigenvalue weighted by atomic mass is 9.92. The van der Waals surface area contributed by atoms with Gasteiger partial charge in [0.05, 0.1) is 6.10 Å². The van der Waals surface area contributed by atoms with Gasteiger partial charge in [-0.2, -0.15) is 0 Å². The maximum Gasteiger partial charge on any atom is 0.0735 e. The average Bonchev–Trinajstić information content (AvgIpc) is 2.24. The maximum absolute atomic E-state index is 5.55. The second-order valence-electron chi connectivity index (χ2n) is 3.87. The summed E-state index contributed by atoms with van der Waals surface area (Å²) in [6.07, 6.45) is 4.78. The molecular weight excluding hydrogens is 176 g/mol. The molecule has 0 aliphatic carbocycles. The first-order valence-corrected chi connectivity index (χ1v) is 5.72. The van der Waals surface area contributed by atoms with E-state index in [1.54, 1.807) is 7.11 Å². The van der Waals surface area contributed by atoms with Crippen molar-refractivity contribution in [2.45, 2.75) is 58.6 Å². The summed E-state index contributed by atoms with van der Waals surface area (Å²) in [5.74, 6) is 6.30. The number of hydrogen-bond donors (Lipinski definition) is 2. The molecule has 86 valence electrons. The zero-order valence-electron chi connectivity index (χ0n) is 10.0. The Bertz CT molecular complexity index is 122. The smallest absolute Gasteiger partial charge is 0.0735 e. The van der Waals surface area contributed by atoms with Crippen LogP contribution in [0, 0.1) is 5.92 Å². The zero-order valence-corrected chi connectivity index (χ0v) is 10.0. The summed E-state index contributed by atoms with van der Waals surface area (Å²) >= 11 is 0. The minimum Gasteiger partial charge on any atom is -0.380 e. The highest BCUT2D eigenvalue weighted by molar-refractivity contribution is 4.76. The molecule has 3 nitrogen and oxygen atoms in total. The van der Waals surface area contributed by atoms with Gasteiger partial charge in [-0.15, -0.1) is 0 Å². The van der Waals surface area contributed by atoms with Crippen LogP contribution in [-0.2, 0) is 4.74 Å². The molecule has 0 fully saturated rings. The first kappa shape index (κ1) is 13.9. The lowest BCUT2D eigenvalue weighted by molar-refractivity contribution is 0.0562. The van der Waals surface area contributed by atoms with E-state index >= 15 is 0 Å². The Kier molecular flexibility index (Phi) is 8.14. The maximum atomic E-state index is 5.55. The summed E-state index contributed by atoms with van der Waals surface area (Å²) in [6, 6.07) is 0.287. The minimum atomic E-state index is 0.237. The van der Waals surface area contributed by atoms with Crippen molar-refractivity contribution in [1.29, 1.82) is 0 Å². The molecule has 0 rings (SSSR count). The van der Waals surface area contributed by atoms with E-state index in [-0.39, 0.29) is 12.1 Å². The highest BCUT2D eigenvalue weighted by Gasteiger charge is 2.20. The normalized spacial score (nSPS) is 15.9. The van der Waals surface area contributed by atoms with Crippen LogP contribution in [-0.4, -0.2) is 19.3 Å². The second-order valence-corrected chi connectivity index (χ2v) is 3.87. The number of methoxy groups -OCH3 is 1. The summed E-state index contributed by atoms with van der Waals surface area (Å²) < 4.78 is 5.40. The van der Waals surface area contributed by atoms with E-state index < -0.39 is 0 Å². The van der Waals surface area contributed by atoms with Crippen molar-refractivity contribution >= 4 is 0 Å². The van der Waals surface area contributed by atoms with Crippen LogP contribution in [0.5, 0.6) is 0 Å². The van der Waals surface area contributed by atoms with Gasteiger partial charge in [-0.3, -0.25) is 11.3 Å². The standard InChI is InChI=1S/C11H26N2O/c1-5-9(6-2)8-10(13-12)11(7-3)14-4/h9-11,13H,5-8,12H2,1-4H3. The molecule has 0 aliphatic rings. The minimum absolute atomic E-state index is 0.237. The number of nitrogens with one attached hydrogen (secondary N) is 1. The Morgan fingerprint density at radius 3 is 2.00 bits per heavy atom. The molecule has 14 heavy (non-hydrogen) atoms. The van der Waals surface area contributed by atoms with Crippen molar-refractivity contribution in [2.75, 3.05) is 7.11 Å². The summed E-state index contributed by atoms with van der Waals surface area (Å²) in [5.41, 5.74) is 2.88. The molecule has 0 radical (unpaired) electrons. The van der Waals surface area contributed by atoms with Gasteiger partial charge >= 0.3 is 0 Å². The second kappa shape index (κ2) is 8.21. The van der Waals surface area contributed by atoms with Crippen molar-refractivity contribution in [1.82, 2.24) is 5.43 Å². The molecule has 0 aromatic heterocycles. The van der Waals surface area contributed by atoms with Crippen molar-refractivity contribution in [3.63, 3.8) is 0 Å². The van der Waals surface area contributed by atoms with E-state index in [0.717, 1.165) is 18.8 Å². The first-order valence-electron chi connectivity index (χ1n) is 5.72. The number of rotatable bonds is 8. The van der Waals surface area contributed by atoms with Gasteiger partial charge in [-0.25, -0.2) is 0 Å². The fourth-order valence-electron chi connectivity index (χ4n) is 1.92. The van der Waals surface area contributed by atoms with E-state index in [1.165, 1.54) is 12.8 Å². The largest absolute Gasteiger partial charge is 0.380 e. The third kappa shape index (κ3) is 4.40. The van der Waals surface area contributed by atoms with Gasteiger partial charge in [-0.1, -0.05) is 33.6 Å². The molecule has 0 bridgehead atoms. The van der Waals surface area contributed by atoms with Crippen LogP contribution < -0.4 is 11.3 Å². The highest BCUT2D eigenvalue weighted by atomic mass is 16.5. The predicted octanol–water partition coefficient (Wildman–Crippen LogP) is 2.07. The third-order valence-corrected chi connectivity index (χ3v) is 3.11. The molecule has 0 aliphatic heterocycles. The molecule has 0 saturated carbocycles. The van der Waals surface area contributed by atoms with E-state index in [0.29, 0.717) is 0 Å². The molecule has 0 amide bonds. The quantitative estimate of drug-likeness (QED) is 0.468. The Hall–Kier alpha value is -0.120. The molecular formula is C11H26N2O. The Labute approximate surface area is 88.4 Å². The molecule has 0 aromatic rings. The van der Waals surface area contributed by atoms with Crippen molar-refractivity contribution in [2.24, 2.45) is 11.8 Å². The summed E-state index contributed by atoms with van der Waals surface area (Å²) in [4.78, 5) is 0. The third-order valence-electron chi connectivity index (χ3n) is 3.11. The fourth-order valence-corrected chi connectivity index (χ4v) is 1.92. The monoisotopic (exact) mass is 202 g/mol. The first-order chi connectivity index (χ1) is 6.73. The van der Waals surface area contributed by atoms with Crippen LogP contribution in [0.2, 0.25) is 0 Å². The molecule has 3 N–H and O–H groups in total. The topological polar surface area (TPSA) is 47.3 Å². The van der Waals surface area contributed by atoms with Crippen LogP contribution in [0.15, 0.2) is 0 Å². The highest BCUT2D eigenvalue weighted by Crippen LogP contribution is 2.18. The molecule has 0 saturated heterocycles. The van der Waals surface area contributed by atoms with Crippen LogP contribution >= 0.6 is 0 Å². The van der Waals surface area contributed by atoms with Crippen LogP contribution in [0.3, 0.4) is 0 Å². The van der Waals surface area contributed by atoms with E-state index in [4.69, 9.17) is 10.6 Å². The van der Waals surface area contributed by atoms with Gasteiger partial charge in [-0.05, 0) is 18.8 Å². The van der Waals surface area contributed by atoms with Crippen LogP contribution in [0.25, 0.3) is 0 Å². The van der Waals surface area contributed by atoms with Gasteiger partial charge in [0.25, 0.3) is 0 Å². The van der Waals surface area contributed by atoms with Gasteiger partial charge in [0.1, 0.15) is 0 Å². The van der Waals surface area contributed by atoms with E-state index in [9.17, 15) is 0 Å². The van der Waals surface area contributed by atoms with E-state index in [2.05, 4.69) is 26.2 Å². The number of hydrazine groups is 1. The number of nitrogens with two attached hydrogens (primary N) is 1. The lowest BCUT2D eigenvalue weighted by Gasteiger charge is -2.27. The molecule has 2 atom stereocenters. The van der Waals surface area contributed by atoms with Gasteiger partial charge < -0.3 is 4.74 Å². The summed E-state index contributed by atoms with van der Waals surface area (Å²) in [6.45, 7) is 6.59.